The van der Waals surface area contributed by atoms with Gasteiger partial charge in [-0.15, -0.1) is 0 Å². The van der Waals surface area contributed by atoms with Crippen LogP contribution in [-0.4, -0.2) is 29.1 Å². The molecule has 0 unspecified atom stereocenters. The molecule has 5 N–H and O–H groups in total. The molecule has 2 aromatic rings. The molecule has 2 heterocycles. The molecule has 0 atom stereocenters. The second kappa shape index (κ2) is 6.69. The summed E-state index contributed by atoms with van der Waals surface area (Å²) in [6.07, 6.45) is 1.27. The van der Waals surface area contributed by atoms with Gasteiger partial charge in [-0.2, -0.15) is 5.26 Å². The van der Waals surface area contributed by atoms with Gasteiger partial charge < -0.3 is 21.5 Å². The van der Waals surface area contributed by atoms with Crippen LogP contribution in [0.15, 0.2) is 30.3 Å². The average molecular weight is 337 g/mol. The number of phenols is 1. The Kier molecular flexibility index (Phi) is 4.44. The normalized spacial score (nSPS) is 14.9. The molecule has 7 nitrogen and oxygen atoms in total. The molecule has 1 aromatic carbocycles. The third-order valence-corrected chi connectivity index (χ3v) is 4.56. The van der Waals surface area contributed by atoms with Crippen LogP contribution in [0.1, 0.15) is 18.4 Å². The molecule has 1 aromatic heterocycles. The van der Waals surface area contributed by atoms with E-state index in [4.69, 9.17) is 11.5 Å². The first-order valence-electron chi connectivity index (χ1n) is 8.04. The van der Waals surface area contributed by atoms with E-state index in [9.17, 15) is 15.2 Å². The zero-order chi connectivity index (χ0) is 18.0. The van der Waals surface area contributed by atoms with Gasteiger partial charge in [0.15, 0.2) is 0 Å². The molecule has 0 bridgehead atoms. The number of benzene rings is 1. The van der Waals surface area contributed by atoms with Gasteiger partial charge in [0.1, 0.15) is 23.2 Å². The predicted molar refractivity (Wildman–Crippen MR) is 94.6 cm³/mol. The first kappa shape index (κ1) is 16.6. The number of para-hydroxylation sites is 1. The minimum absolute atomic E-state index is 0.0949. The summed E-state index contributed by atoms with van der Waals surface area (Å²) in [5.41, 5.74) is 13.4. The molecule has 0 spiro atoms. The van der Waals surface area contributed by atoms with Crippen LogP contribution in [0.5, 0.6) is 5.75 Å². The fourth-order valence-electron chi connectivity index (χ4n) is 3.15. The van der Waals surface area contributed by atoms with Crippen molar-refractivity contribution in [1.29, 1.82) is 5.26 Å². The number of pyridine rings is 1. The summed E-state index contributed by atoms with van der Waals surface area (Å²) >= 11 is 0. The van der Waals surface area contributed by atoms with Crippen molar-refractivity contribution in [2.75, 3.05) is 23.7 Å². The van der Waals surface area contributed by atoms with Crippen LogP contribution in [0.3, 0.4) is 0 Å². The molecule has 0 aliphatic carbocycles. The summed E-state index contributed by atoms with van der Waals surface area (Å²) in [4.78, 5) is 17.6. The number of hydrogen-bond donors (Lipinski definition) is 3. The van der Waals surface area contributed by atoms with Crippen molar-refractivity contribution in [2.24, 2.45) is 11.7 Å². The molecule has 3 rings (SSSR count). The smallest absolute Gasteiger partial charge is 0.220 e. The van der Waals surface area contributed by atoms with Crippen molar-refractivity contribution in [3.63, 3.8) is 0 Å². The number of rotatable bonds is 3. The van der Waals surface area contributed by atoms with Gasteiger partial charge in [-0.1, -0.05) is 12.1 Å². The van der Waals surface area contributed by atoms with Crippen LogP contribution in [0, 0.1) is 17.2 Å². The van der Waals surface area contributed by atoms with Crippen LogP contribution in [-0.2, 0) is 4.79 Å². The highest BCUT2D eigenvalue weighted by molar-refractivity contribution is 5.79. The Bertz CT molecular complexity index is 851. The summed E-state index contributed by atoms with van der Waals surface area (Å²) in [6, 6.07) is 10.7. The molecular formula is C18H19N5O2. The fraction of sp³-hybridized carbons (Fsp3) is 0.278. The monoisotopic (exact) mass is 337 g/mol. The quantitative estimate of drug-likeness (QED) is 0.780. The number of nitrogen functional groups attached to an aromatic ring is 1. The minimum Gasteiger partial charge on any atom is -0.507 e. The van der Waals surface area contributed by atoms with E-state index in [1.165, 1.54) is 0 Å². The molecule has 1 amide bonds. The van der Waals surface area contributed by atoms with Crippen molar-refractivity contribution in [1.82, 2.24) is 4.98 Å². The van der Waals surface area contributed by atoms with E-state index in [2.05, 4.69) is 11.1 Å². The lowest BCUT2D eigenvalue weighted by Gasteiger charge is -2.33. The third kappa shape index (κ3) is 3.19. The van der Waals surface area contributed by atoms with Gasteiger partial charge in [-0.05, 0) is 31.0 Å². The van der Waals surface area contributed by atoms with Crippen molar-refractivity contribution in [3.05, 3.63) is 35.9 Å². The Hall–Kier alpha value is -3.27. The Morgan fingerprint density at radius 1 is 1.32 bits per heavy atom. The molecule has 0 saturated carbocycles. The van der Waals surface area contributed by atoms with E-state index in [0.29, 0.717) is 48.4 Å². The molecule has 0 radical (unpaired) electrons. The van der Waals surface area contributed by atoms with Crippen molar-refractivity contribution in [2.45, 2.75) is 12.8 Å². The van der Waals surface area contributed by atoms with E-state index < -0.39 is 0 Å². The van der Waals surface area contributed by atoms with E-state index >= 15 is 0 Å². The van der Waals surface area contributed by atoms with Gasteiger partial charge in [0.2, 0.25) is 5.91 Å². The van der Waals surface area contributed by atoms with Gasteiger partial charge in [-0.3, -0.25) is 4.79 Å². The largest absolute Gasteiger partial charge is 0.507 e. The number of nitrogens with zero attached hydrogens (tertiary/aromatic N) is 3. The number of primary amides is 1. The maximum Gasteiger partial charge on any atom is 0.220 e. The lowest BCUT2D eigenvalue weighted by molar-refractivity contribution is -0.122. The van der Waals surface area contributed by atoms with Gasteiger partial charge in [0, 0.05) is 24.6 Å². The maximum absolute atomic E-state index is 11.3. The molecule has 1 saturated heterocycles. The zero-order valence-electron chi connectivity index (χ0n) is 13.6. The Labute approximate surface area is 145 Å². The number of piperidine rings is 1. The Morgan fingerprint density at radius 3 is 2.60 bits per heavy atom. The summed E-state index contributed by atoms with van der Waals surface area (Å²) in [5, 5.41) is 19.5. The number of carbonyl (C=O) groups is 1. The second-order valence-corrected chi connectivity index (χ2v) is 6.08. The number of nitrogens with two attached hydrogens (primary N) is 2. The standard InChI is InChI=1S/C18H19N5O2/c19-10-13-15(23-7-5-11(6-8-23)18(21)25)9-14(22-17(13)20)12-3-1-2-4-16(12)24/h1-4,9,11,24H,5-8H2,(H2,20,22)(H2,21,25). The number of carbonyl (C=O) groups excluding carboxylic acids is 1. The molecule has 25 heavy (non-hydrogen) atoms. The number of hydrogen-bond acceptors (Lipinski definition) is 6. The number of amides is 1. The highest BCUT2D eigenvalue weighted by atomic mass is 16.3. The summed E-state index contributed by atoms with van der Waals surface area (Å²) in [7, 11) is 0. The van der Waals surface area contributed by atoms with Crippen molar-refractivity contribution < 1.29 is 9.90 Å². The van der Waals surface area contributed by atoms with Crippen LogP contribution in [0.4, 0.5) is 11.5 Å². The zero-order valence-corrected chi connectivity index (χ0v) is 13.6. The molecule has 1 aliphatic rings. The minimum atomic E-state index is -0.288. The maximum atomic E-state index is 11.3. The summed E-state index contributed by atoms with van der Waals surface area (Å²) < 4.78 is 0. The van der Waals surface area contributed by atoms with E-state index in [-0.39, 0.29) is 23.4 Å². The molecule has 1 aliphatic heterocycles. The SMILES string of the molecule is N#Cc1c(N2CCC(C(N)=O)CC2)cc(-c2ccccc2O)nc1N. The highest BCUT2D eigenvalue weighted by Crippen LogP contribution is 2.35. The van der Waals surface area contributed by atoms with Gasteiger partial charge >= 0.3 is 0 Å². The Morgan fingerprint density at radius 2 is 2.00 bits per heavy atom. The first-order valence-corrected chi connectivity index (χ1v) is 8.04. The molecule has 1 fully saturated rings. The van der Waals surface area contributed by atoms with Crippen LogP contribution >= 0.6 is 0 Å². The number of phenolic OH excluding ortho intramolecular Hbond substituents is 1. The number of nitriles is 1. The fourth-order valence-corrected chi connectivity index (χ4v) is 3.15. The van der Waals surface area contributed by atoms with Crippen molar-refractivity contribution in [3.8, 4) is 23.1 Å². The lowest BCUT2D eigenvalue weighted by Crippen LogP contribution is -2.39. The molecule has 128 valence electrons. The highest BCUT2D eigenvalue weighted by Gasteiger charge is 2.26. The summed E-state index contributed by atoms with van der Waals surface area (Å²) in [5.74, 6) is -0.212. The summed E-state index contributed by atoms with van der Waals surface area (Å²) in [6.45, 7) is 1.21. The molecule has 7 heteroatoms. The average Bonchev–Trinajstić information content (AvgIpc) is 2.61. The number of aromatic hydroxyl groups is 1. The number of anilines is 2. The predicted octanol–water partition coefficient (Wildman–Crippen LogP) is 1.61. The van der Waals surface area contributed by atoms with Gasteiger partial charge in [-0.25, -0.2) is 4.98 Å². The first-order chi connectivity index (χ1) is 12.0. The number of aromatic nitrogens is 1. The second-order valence-electron chi connectivity index (χ2n) is 6.08. The lowest BCUT2D eigenvalue weighted by atomic mass is 9.95. The van der Waals surface area contributed by atoms with E-state index in [1.54, 1.807) is 30.3 Å². The van der Waals surface area contributed by atoms with E-state index in [1.807, 2.05) is 4.90 Å². The molecular weight excluding hydrogens is 318 g/mol. The topological polar surface area (TPSA) is 129 Å². The van der Waals surface area contributed by atoms with E-state index in [0.717, 1.165) is 0 Å². The van der Waals surface area contributed by atoms with Crippen LogP contribution < -0.4 is 16.4 Å². The van der Waals surface area contributed by atoms with Crippen LogP contribution in [0.2, 0.25) is 0 Å². The van der Waals surface area contributed by atoms with Gasteiger partial charge in [0.05, 0.1) is 11.4 Å². The third-order valence-electron chi connectivity index (χ3n) is 4.56. The van der Waals surface area contributed by atoms with Crippen molar-refractivity contribution >= 4 is 17.4 Å². The Balaban J connectivity index is 2.00. The van der Waals surface area contributed by atoms with Gasteiger partial charge in [0.25, 0.3) is 0 Å². The van der Waals surface area contributed by atoms with Crippen LogP contribution in [0.25, 0.3) is 11.3 Å².